The summed E-state index contributed by atoms with van der Waals surface area (Å²) in [6, 6.07) is 17.4. The van der Waals surface area contributed by atoms with E-state index in [4.69, 9.17) is 0 Å². The Hall–Kier alpha value is -4.32. The van der Waals surface area contributed by atoms with E-state index in [0.29, 0.717) is 5.71 Å². The van der Waals surface area contributed by atoms with E-state index >= 15 is 0 Å². The highest BCUT2D eigenvalue weighted by Gasteiger charge is 2.18. The van der Waals surface area contributed by atoms with Gasteiger partial charge in [-0.15, -0.1) is 0 Å². The summed E-state index contributed by atoms with van der Waals surface area (Å²) < 4.78 is 14.5. The van der Waals surface area contributed by atoms with E-state index in [9.17, 15) is 4.39 Å². The molecule has 0 radical (unpaired) electrons. The van der Waals surface area contributed by atoms with Gasteiger partial charge in [-0.3, -0.25) is 15.1 Å². The van der Waals surface area contributed by atoms with E-state index in [-0.39, 0.29) is 5.82 Å². The van der Waals surface area contributed by atoms with Crippen molar-refractivity contribution in [3.63, 3.8) is 0 Å². The summed E-state index contributed by atoms with van der Waals surface area (Å²) in [5.74, 6) is -0.259. The summed E-state index contributed by atoms with van der Waals surface area (Å²) >= 11 is 0. The number of rotatable bonds is 8. The molecule has 3 heterocycles. The number of aliphatic imine (C=N–C) groups is 1. The van der Waals surface area contributed by atoms with Crippen LogP contribution in [-0.2, 0) is 6.42 Å². The Morgan fingerprint density at radius 3 is 2.67 bits per heavy atom. The second-order valence-corrected chi connectivity index (χ2v) is 8.90. The van der Waals surface area contributed by atoms with Crippen LogP contribution in [-0.4, -0.2) is 25.9 Å². The summed E-state index contributed by atoms with van der Waals surface area (Å²) in [6.07, 6.45) is 7.98. The number of pyridine rings is 1. The molecule has 36 heavy (non-hydrogen) atoms. The van der Waals surface area contributed by atoms with Crippen LogP contribution in [0.3, 0.4) is 0 Å². The highest BCUT2D eigenvalue weighted by Crippen LogP contribution is 2.32. The quantitative estimate of drug-likeness (QED) is 0.229. The van der Waals surface area contributed by atoms with Crippen LogP contribution in [0, 0.1) is 12.7 Å². The predicted molar refractivity (Wildman–Crippen MR) is 145 cm³/mol. The molecule has 0 amide bonds. The van der Waals surface area contributed by atoms with Gasteiger partial charge >= 0.3 is 0 Å². The van der Waals surface area contributed by atoms with Gasteiger partial charge in [-0.2, -0.15) is 5.10 Å². The highest BCUT2D eigenvalue weighted by molar-refractivity contribution is 6.14. The van der Waals surface area contributed by atoms with Crippen molar-refractivity contribution in [2.24, 2.45) is 4.99 Å². The lowest BCUT2D eigenvalue weighted by atomic mass is 9.98. The SMILES string of the molecule is C=CN=C(c1cc(F)cc(CCCC)c1)c1cc(-c2n[nH]c3ccc(-c4ccncc4)cc23)[nH]c1C. The van der Waals surface area contributed by atoms with Gasteiger partial charge in [0.15, 0.2) is 0 Å². The van der Waals surface area contributed by atoms with Crippen molar-refractivity contribution in [1.29, 1.82) is 0 Å². The lowest BCUT2D eigenvalue weighted by molar-refractivity contribution is 0.624. The number of halogens is 1. The molecule has 5 aromatic rings. The van der Waals surface area contributed by atoms with Crippen LogP contribution >= 0.6 is 0 Å². The summed E-state index contributed by atoms with van der Waals surface area (Å²) in [7, 11) is 0. The third-order valence-electron chi connectivity index (χ3n) is 6.37. The maximum absolute atomic E-state index is 14.5. The first-order valence-corrected chi connectivity index (χ1v) is 12.1. The Morgan fingerprint density at radius 1 is 1.06 bits per heavy atom. The van der Waals surface area contributed by atoms with Crippen LogP contribution in [0.1, 0.15) is 42.1 Å². The molecule has 0 unspecified atom stereocenters. The Bertz CT molecular complexity index is 1560. The van der Waals surface area contributed by atoms with Crippen molar-refractivity contribution in [1.82, 2.24) is 20.2 Å². The van der Waals surface area contributed by atoms with Crippen LogP contribution < -0.4 is 0 Å². The summed E-state index contributed by atoms with van der Waals surface area (Å²) in [5, 5.41) is 8.75. The maximum Gasteiger partial charge on any atom is 0.124 e. The lowest BCUT2D eigenvalue weighted by Gasteiger charge is -2.09. The number of fused-ring (bicyclic) bond motifs is 1. The number of hydrogen-bond donors (Lipinski definition) is 2. The summed E-state index contributed by atoms with van der Waals surface area (Å²) in [4.78, 5) is 12.1. The number of aromatic nitrogens is 4. The molecule has 0 bridgehead atoms. The minimum atomic E-state index is -0.259. The minimum absolute atomic E-state index is 0.259. The van der Waals surface area contributed by atoms with Gasteiger partial charge in [0.1, 0.15) is 11.5 Å². The molecule has 2 aromatic carbocycles. The molecule has 6 heteroatoms. The maximum atomic E-state index is 14.5. The van der Waals surface area contributed by atoms with Gasteiger partial charge in [-0.1, -0.05) is 26.0 Å². The van der Waals surface area contributed by atoms with Gasteiger partial charge in [0, 0.05) is 40.8 Å². The largest absolute Gasteiger partial charge is 0.357 e. The minimum Gasteiger partial charge on any atom is -0.357 e. The molecule has 0 spiro atoms. The van der Waals surface area contributed by atoms with Gasteiger partial charge in [0.2, 0.25) is 0 Å². The first-order valence-electron chi connectivity index (χ1n) is 12.1. The number of nitrogens with one attached hydrogen (secondary N) is 2. The number of benzene rings is 2. The van der Waals surface area contributed by atoms with Crippen molar-refractivity contribution >= 4 is 16.6 Å². The first kappa shape index (κ1) is 23.4. The first-order chi connectivity index (χ1) is 17.6. The summed E-state index contributed by atoms with van der Waals surface area (Å²) in [5.41, 5.74) is 9.00. The zero-order valence-corrected chi connectivity index (χ0v) is 20.5. The molecule has 180 valence electrons. The van der Waals surface area contributed by atoms with Gasteiger partial charge in [0.25, 0.3) is 0 Å². The van der Waals surface area contributed by atoms with E-state index in [2.05, 4.69) is 50.8 Å². The number of nitrogens with zero attached hydrogens (tertiary/aromatic N) is 3. The van der Waals surface area contributed by atoms with Crippen LogP contribution in [0.25, 0.3) is 33.4 Å². The fraction of sp³-hybridized carbons (Fsp3) is 0.167. The van der Waals surface area contributed by atoms with Crippen LogP contribution in [0.5, 0.6) is 0 Å². The number of unbranched alkanes of at least 4 members (excludes halogenated alkanes) is 1. The monoisotopic (exact) mass is 477 g/mol. The van der Waals surface area contributed by atoms with E-state index in [0.717, 1.165) is 75.1 Å². The van der Waals surface area contributed by atoms with Gasteiger partial charge in [0.05, 0.1) is 16.9 Å². The summed E-state index contributed by atoms with van der Waals surface area (Å²) in [6.45, 7) is 7.92. The van der Waals surface area contributed by atoms with Crippen molar-refractivity contribution in [2.75, 3.05) is 0 Å². The zero-order chi connectivity index (χ0) is 25.1. The highest BCUT2D eigenvalue weighted by atomic mass is 19.1. The standard InChI is InChI=1S/C30H28FN5/c1-4-6-7-20-14-23(16-24(31)15-20)29(33-5-2)25-18-28(34-19(25)3)30-26-17-22(8-9-27(26)35-36-30)21-10-12-32-13-11-21/h5,8-18,34H,2,4,6-7H2,1,3H3,(H,35,36). The van der Waals surface area contributed by atoms with Crippen molar-refractivity contribution in [3.8, 4) is 22.5 Å². The number of hydrogen-bond acceptors (Lipinski definition) is 3. The third kappa shape index (κ3) is 4.62. The molecule has 5 nitrogen and oxygen atoms in total. The molecule has 0 saturated carbocycles. The second kappa shape index (κ2) is 10.1. The number of aryl methyl sites for hydroxylation is 2. The van der Waals surface area contributed by atoms with Gasteiger partial charge < -0.3 is 4.98 Å². The Morgan fingerprint density at radius 2 is 1.89 bits per heavy atom. The molecular formula is C30H28FN5. The molecule has 2 N–H and O–H groups in total. The van der Waals surface area contributed by atoms with Crippen LogP contribution in [0.2, 0.25) is 0 Å². The number of H-pyrrole nitrogens is 2. The van der Waals surface area contributed by atoms with E-state index < -0.39 is 0 Å². The van der Waals surface area contributed by atoms with Gasteiger partial charge in [-0.25, -0.2) is 4.39 Å². The van der Waals surface area contributed by atoms with Crippen LogP contribution in [0.15, 0.2) is 84.8 Å². The van der Waals surface area contributed by atoms with Crippen molar-refractivity contribution < 1.29 is 4.39 Å². The molecule has 0 aliphatic rings. The Balaban J connectivity index is 1.57. The number of aromatic amines is 2. The van der Waals surface area contributed by atoms with E-state index in [1.807, 2.05) is 37.3 Å². The molecule has 0 saturated heterocycles. The van der Waals surface area contributed by atoms with E-state index in [1.165, 1.54) is 12.3 Å². The fourth-order valence-corrected chi connectivity index (χ4v) is 4.58. The molecule has 5 rings (SSSR count). The predicted octanol–water partition coefficient (Wildman–Crippen LogP) is 7.39. The molecule has 0 atom stereocenters. The van der Waals surface area contributed by atoms with Gasteiger partial charge in [-0.05, 0) is 85.0 Å². The smallest absolute Gasteiger partial charge is 0.124 e. The molecule has 3 aromatic heterocycles. The zero-order valence-electron chi connectivity index (χ0n) is 20.5. The molecular weight excluding hydrogens is 449 g/mol. The van der Waals surface area contributed by atoms with Crippen LogP contribution in [0.4, 0.5) is 4.39 Å². The average Bonchev–Trinajstić information content (AvgIpc) is 3.49. The molecule has 0 fully saturated rings. The topological polar surface area (TPSA) is 69.7 Å². The van der Waals surface area contributed by atoms with E-state index in [1.54, 1.807) is 18.5 Å². The Labute approximate surface area is 209 Å². The Kier molecular flexibility index (Phi) is 6.58. The normalized spacial score (nSPS) is 11.8. The molecule has 0 aliphatic heterocycles. The lowest BCUT2D eigenvalue weighted by Crippen LogP contribution is -2.05. The van der Waals surface area contributed by atoms with Crippen molar-refractivity contribution in [2.45, 2.75) is 33.1 Å². The molecule has 0 aliphatic carbocycles. The fourth-order valence-electron chi connectivity index (χ4n) is 4.58. The second-order valence-electron chi connectivity index (χ2n) is 8.90. The average molecular weight is 478 g/mol. The third-order valence-corrected chi connectivity index (χ3v) is 6.37. The van der Waals surface area contributed by atoms with Crippen molar-refractivity contribution in [3.05, 3.63) is 108 Å².